The maximum absolute atomic E-state index is 11.9. The van der Waals surface area contributed by atoms with Crippen LogP contribution in [-0.2, 0) is 18.9 Å². The third-order valence-corrected chi connectivity index (χ3v) is 3.49. The molecule has 1 aromatic heterocycles. The predicted octanol–water partition coefficient (Wildman–Crippen LogP) is 2.17. The highest BCUT2D eigenvalue weighted by molar-refractivity contribution is 5.94. The molecule has 5 nitrogen and oxygen atoms in total. The van der Waals surface area contributed by atoms with Crippen molar-refractivity contribution in [1.82, 2.24) is 9.13 Å². The van der Waals surface area contributed by atoms with Gasteiger partial charge in [-0.15, -0.1) is 0 Å². The first-order valence-electron chi connectivity index (χ1n) is 6.77. The van der Waals surface area contributed by atoms with Gasteiger partial charge in [0.25, 0.3) is 0 Å². The first-order chi connectivity index (χ1) is 9.31. The van der Waals surface area contributed by atoms with Crippen molar-refractivity contribution in [2.75, 3.05) is 5.32 Å². The van der Waals surface area contributed by atoms with Crippen LogP contribution in [0, 0.1) is 12.8 Å². The molecule has 0 aliphatic carbocycles. The molecule has 1 N–H and O–H groups in total. The minimum absolute atomic E-state index is 0.00313. The van der Waals surface area contributed by atoms with Crippen LogP contribution < -0.4 is 11.0 Å². The summed E-state index contributed by atoms with van der Waals surface area (Å²) >= 11 is 0. The SMILES string of the molecule is Cc1cc2c(cc1NC(=O)CC(C)C)n(C)c(=O)n2C. The molecule has 0 spiro atoms. The van der Waals surface area contributed by atoms with Crippen LogP contribution in [0.15, 0.2) is 16.9 Å². The average molecular weight is 275 g/mol. The number of nitrogens with zero attached hydrogens (tertiary/aromatic N) is 2. The Hall–Kier alpha value is -2.04. The molecule has 0 fully saturated rings. The summed E-state index contributed by atoms with van der Waals surface area (Å²) in [6, 6.07) is 3.80. The van der Waals surface area contributed by atoms with E-state index in [0.717, 1.165) is 22.3 Å². The lowest BCUT2D eigenvalue weighted by molar-refractivity contribution is -0.116. The van der Waals surface area contributed by atoms with Crippen molar-refractivity contribution in [3.05, 3.63) is 28.2 Å². The van der Waals surface area contributed by atoms with E-state index in [1.54, 1.807) is 23.2 Å². The molecule has 5 heteroatoms. The van der Waals surface area contributed by atoms with Crippen molar-refractivity contribution < 1.29 is 4.79 Å². The lowest BCUT2D eigenvalue weighted by atomic mass is 10.1. The Morgan fingerprint density at radius 3 is 2.30 bits per heavy atom. The molecule has 0 unspecified atom stereocenters. The number of aryl methyl sites for hydroxylation is 3. The van der Waals surface area contributed by atoms with Gasteiger partial charge in [0.15, 0.2) is 0 Å². The molecule has 0 atom stereocenters. The van der Waals surface area contributed by atoms with Crippen LogP contribution in [-0.4, -0.2) is 15.0 Å². The molecule has 0 aliphatic heterocycles. The molecular formula is C15H21N3O2. The number of amides is 1. The standard InChI is InChI=1S/C15H21N3O2/c1-9(2)6-14(19)16-11-8-13-12(7-10(11)3)17(4)15(20)18(13)5/h7-9H,6H2,1-5H3,(H,16,19). The highest BCUT2D eigenvalue weighted by Gasteiger charge is 2.12. The topological polar surface area (TPSA) is 56.0 Å². The number of rotatable bonds is 3. The monoisotopic (exact) mass is 275 g/mol. The number of carbonyl (C=O) groups is 1. The number of benzene rings is 1. The number of hydrogen-bond donors (Lipinski definition) is 1. The van der Waals surface area contributed by atoms with Gasteiger partial charge in [0.05, 0.1) is 11.0 Å². The number of anilines is 1. The van der Waals surface area contributed by atoms with E-state index in [9.17, 15) is 9.59 Å². The predicted molar refractivity (Wildman–Crippen MR) is 81.0 cm³/mol. The average Bonchev–Trinajstić information content (AvgIpc) is 2.55. The Bertz CT molecular complexity index is 723. The molecule has 0 saturated heterocycles. The van der Waals surface area contributed by atoms with Gasteiger partial charge in [-0.3, -0.25) is 13.9 Å². The van der Waals surface area contributed by atoms with Crippen molar-refractivity contribution in [2.24, 2.45) is 20.0 Å². The molecule has 0 aliphatic rings. The number of carbonyl (C=O) groups excluding carboxylic acids is 1. The summed E-state index contributed by atoms with van der Waals surface area (Å²) in [6.07, 6.45) is 0.491. The maximum Gasteiger partial charge on any atom is 0.328 e. The Balaban J connectivity index is 2.45. The van der Waals surface area contributed by atoms with E-state index in [-0.39, 0.29) is 11.6 Å². The van der Waals surface area contributed by atoms with Crippen molar-refractivity contribution >= 4 is 22.6 Å². The fraction of sp³-hybridized carbons (Fsp3) is 0.467. The zero-order chi connectivity index (χ0) is 15.0. The van der Waals surface area contributed by atoms with Crippen molar-refractivity contribution in [3.8, 4) is 0 Å². The number of hydrogen-bond acceptors (Lipinski definition) is 2. The quantitative estimate of drug-likeness (QED) is 0.933. The summed E-state index contributed by atoms with van der Waals surface area (Å²) in [4.78, 5) is 23.8. The van der Waals surface area contributed by atoms with Crippen LogP contribution in [0.5, 0.6) is 0 Å². The van der Waals surface area contributed by atoms with Crippen molar-refractivity contribution in [1.29, 1.82) is 0 Å². The van der Waals surface area contributed by atoms with Crippen LogP contribution in [0.3, 0.4) is 0 Å². The molecule has 0 saturated carbocycles. The Kier molecular flexibility index (Phi) is 3.70. The van der Waals surface area contributed by atoms with E-state index < -0.39 is 0 Å². The maximum atomic E-state index is 11.9. The van der Waals surface area contributed by atoms with Crippen LogP contribution in [0.4, 0.5) is 5.69 Å². The normalized spacial score (nSPS) is 11.3. The van der Waals surface area contributed by atoms with E-state index in [2.05, 4.69) is 5.32 Å². The minimum Gasteiger partial charge on any atom is -0.326 e. The minimum atomic E-state index is -0.0648. The van der Waals surface area contributed by atoms with Gasteiger partial charge in [0.1, 0.15) is 0 Å². The number of fused-ring (bicyclic) bond motifs is 1. The fourth-order valence-electron chi connectivity index (χ4n) is 2.36. The van der Waals surface area contributed by atoms with Gasteiger partial charge >= 0.3 is 5.69 Å². The second kappa shape index (κ2) is 5.15. The zero-order valence-corrected chi connectivity index (χ0v) is 12.7. The van der Waals surface area contributed by atoms with E-state index in [1.165, 1.54) is 0 Å². The van der Waals surface area contributed by atoms with Gasteiger partial charge in [-0.1, -0.05) is 13.8 Å². The first-order valence-corrected chi connectivity index (χ1v) is 6.77. The molecule has 2 rings (SSSR count). The molecule has 1 amide bonds. The van der Waals surface area contributed by atoms with Crippen LogP contribution in [0.1, 0.15) is 25.8 Å². The van der Waals surface area contributed by atoms with Crippen molar-refractivity contribution in [3.63, 3.8) is 0 Å². The molecule has 0 bridgehead atoms. The van der Waals surface area contributed by atoms with Crippen LogP contribution in [0.2, 0.25) is 0 Å². The molecule has 1 aromatic carbocycles. The van der Waals surface area contributed by atoms with Gasteiger partial charge in [-0.2, -0.15) is 0 Å². The number of nitrogens with one attached hydrogen (secondary N) is 1. The molecule has 2 aromatic rings. The second-order valence-corrected chi connectivity index (χ2v) is 5.70. The second-order valence-electron chi connectivity index (χ2n) is 5.70. The molecule has 1 heterocycles. The summed E-state index contributed by atoms with van der Waals surface area (Å²) < 4.78 is 3.20. The molecule has 20 heavy (non-hydrogen) atoms. The van der Waals surface area contributed by atoms with E-state index >= 15 is 0 Å². The van der Waals surface area contributed by atoms with Crippen LogP contribution in [0.25, 0.3) is 11.0 Å². The lowest BCUT2D eigenvalue weighted by Crippen LogP contribution is -2.19. The highest BCUT2D eigenvalue weighted by atomic mass is 16.2. The summed E-state index contributed by atoms with van der Waals surface area (Å²) in [7, 11) is 3.49. The highest BCUT2D eigenvalue weighted by Crippen LogP contribution is 2.23. The summed E-state index contributed by atoms with van der Waals surface area (Å²) in [5.74, 6) is 0.323. The summed E-state index contributed by atoms with van der Waals surface area (Å²) in [5, 5.41) is 2.93. The zero-order valence-electron chi connectivity index (χ0n) is 12.7. The van der Waals surface area contributed by atoms with Gasteiger partial charge < -0.3 is 5.32 Å². The molecule has 108 valence electrons. The van der Waals surface area contributed by atoms with Gasteiger partial charge in [-0.25, -0.2) is 4.79 Å². The number of aromatic nitrogens is 2. The number of imidazole rings is 1. The summed E-state index contributed by atoms with van der Waals surface area (Å²) in [6.45, 7) is 5.95. The Labute approximate surface area is 118 Å². The van der Waals surface area contributed by atoms with E-state index in [4.69, 9.17) is 0 Å². The lowest BCUT2D eigenvalue weighted by Gasteiger charge is -2.10. The molecule has 0 radical (unpaired) electrons. The van der Waals surface area contributed by atoms with Crippen molar-refractivity contribution in [2.45, 2.75) is 27.2 Å². The fourth-order valence-corrected chi connectivity index (χ4v) is 2.36. The third-order valence-electron chi connectivity index (χ3n) is 3.49. The smallest absolute Gasteiger partial charge is 0.326 e. The Morgan fingerprint density at radius 2 is 1.75 bits per heavy atom. The third kappa shape index (κ3) is 2.48. The van der Waals surface area contributed by atoms with Crippen LogP contribution >= 0.6 is 0 Å². The Morgan fingerprint density at radius 1 is 1.20 bits per heavy atom. The first kappa shape index (κ1) is 14.4. The van der Waals surface area contributed by atoms with E-state index in [0.29, 0.717) is 12.3 Å². The van der Waals surface area contributed by atoms with E-state index in [1.807, 2.05) is 32.9 Å². The van der Waals surface area contributed by atoms with Gasteiger partial charge in [-0.05, 0) is 30.5 Å². The van der Waals surface area contributed by atoms with Gasteiger partial charge in [0, 0.05) is 26.2 Å². The van der Waals surface area contributed by atoms with Gasteiger partial charge in [0.2, 0.25) is 5.91 Å². The molecular weight excluding hydrogens is 254 g/mol. The summed E-state index contributed by atoms with van der Waals surface area (Å²) in [5.41, 5.74) is 3.35. The largest absolute Gasteiger partial charge is 0.328 e.